The molecule has 0 aromatic heterocycles. The number of carbonyl (C=O) groups excluding carboxylic acids is 3. The molecular weight excluding hydrogens is 398 g/mol. The number of carbonyl (C=O) groups is 3. The second-order valence-corrected chi connectivity index (χ2v) is 6.06. The molecule has 0 atom stereocenters. The zero-order valence-electron chi connectivity index (χ0n) is 15.9. The summed E-state index contributed by atoms with van der Waals surface area (Å²) in [5.74, 6) is -1.22. The molecule has 2 amide bonds. The number of imide groups is 1. The van der Waals surface area contributed by atoms with Crippen LogP contribution < -0.4 is 14.8 Å². The quantitative estimate of drug-likeness (QED) is 0.523. The Hall–Kier alpha value is -3.32. The van der Waals surface area contributed by atoms with Crippen molar-refractivity contribution in [2.75, 3.05) is 20.3 Å². The zero-order chi connectivity index (χ0) is 21.2. The van der Waals surface area contributed by atoms with Gasteiger partial charge in [0.25, 0.3) is 11.8 Å². The molecule has 2 rings (SSSR count). The molecule has 1 N–H and O–H groups in total. The Kier molecular flexibility index (Phi) is 8.24. The smallest absolute Gasteiger partial charge is 0.331 e. The Morgan fingerprint density at radius 3 is 2.52 bits per heavy atom. The summed E-state index contributed by atoms with van der Waals surface area (Å²) in [5, 5.41) is 2.46. The molecule has 2 aromatic carbocycles. The average molecular weight is 418 g/mol. The standard InChI is InChI=1S/C21H20ClNO6/c1-3-28-17-12-14(11-16(22)20(17)27-2)9-10-19(25)29-13-18(24)23-21(26)15-7-5-4-6-8-15/h4-12H,3,13H2,1-2H3,(H,23,24,26)/b10-9+. The largest absolute Gasteiger partial charge is 0.491 e. The predicted octanol–water partition coefficient (Wildman–Crippen LogP) is 3.26. The highest BCUT2D eigenvalue weighted by Crippen LogP contribution is 2.36. The third-order valence-electron chi connectivity index (χ3n) is 3.58. The van der Waals surface area contributed by atoms with Crippen LogP contribution in [0.1, 0.15) is 22.8 Å². The van der Waals surface area contributed by atoms with E-state index in [1.54, 1.807) is 42.5 Å². The van der Waals surface area contributed by atoms with Gasteiger partial charge in [-0.25, -0.2) is 4.79 Å². The molecule has 0 spiro atoms. The van der Waals surface area contributed by atoms with Crippen LogP contribution in [-0.4, -0.2) is 38.1 Å². The molecule has 0 saturated carbocycles. The molecule has 0 fully saturated rings. The molecule has 0 heterocycles. The summed E-state index contributed by atoms with van der Waals surface area (Å²) in [6.45, 7) is 1.65. The highest BCUT2D eigenvalue weighted by Gasteiger charge is 2.12. The number of benzene rings is 2. The fraction of sp³-hybridized carbons (Fsp3) is 0.190. The minimum atomic E-state index is -0.753. The molecule has 7 nitrogen and oxygen atoms in total. The van der Waals surface area contributed by atoms with Crippen LogP contribution in [0.15, 0.2) is 48.5 Å². The van der Waals surface area contributed by atoms with Gasteiger partial charge in [-0.15, -0.1) is 0 Å². The number of nitrogens with one attached hydrogen (secondary N) is 1. The zero-order valence-corrected chi connectivity index (χ0v) is 16.7. The maximum Gasteiger partial charge on any atom is 0.331 e. The lowest BCUT2D eigenvalue weighted by molar-refractivity contribution is -0.143. The summed E-state index contributed by atoms with van der Waals surface area (Å²) < 4.78 is 15.5. The van der Waals surface area contributed by atoms with E-state index in [9.17, 15) is 14.4 Å². The van der Waals surface area contributed by atoms with Gasteiger partial charge in [-0.3, -0.25) is 14.9 Å². The summed E-state index contributed by atoms with van der Waals surface area (Å²) in [4.78, 5) is 35.4. The molecule has 0 saturated heterocycles. The van der Waals surface area contributed by atoms with Crippen molar-refractivity contribution in [1.82, 2.24) is 5.32 Å². The Morgan fingerprint density at radius 2 is 1.86 bits per heavy atom. The van der Waals surface area contributed by atoms with Gasteiger partial charge >= 0.3 is 5.97 Å². The topological polar surface area (TPSA) is 90.9 Å². The normalized spacial score (nSPS) is 10.4. The highest BCUT2D eigenvalue weighted by atomic mass is 35.5. The number of amides is 2. The molecule has 0 radical (unpaired) electrons. The lowest BCUT2D eigenvalue weighted by Gasteiger charge is -2.11. The van der Waals surface area contributed by atoms with E-state index < -0.39 is 24.4 Å². The van der Waals surface area contributed by atoms with Crippen LogP contribution in [0.2, 0.25) is 5.02 Å². The van der Waals surface area contributed by atoms with Crippen LogP contribution in [0.5, 0.6) is 11.5 Å². The summed E-state index contributed by atoms with van der Waals surface area (Å²) >= 11 is 6.15. The fourth-order valence-electron chi connectivity index (χ4n) is 2.32. The summed E-state index contributed by atoms with van der Waals surface area (Å²) in [6.07, 6.45) is 2.60. The summed E-state index contributed by atoms with van der Waals surface area (Å²) in [5.41, 5.74) is 0.911. The van der Waals surface area contributed by atoms with Crippen molar-refractivity contribution in [3.63, 3.8) is 0 Å². The van der Waals surface area contributed by atoms with E-state index in [1.807, 2.05) is 6.92 Å². The first-order valence-electron chi connectivity index (χ1n) is 8.69. The fourth-order valence-corrected chi connectivity index (χ4v) is 2.61. The van der Waals surface area contributed by atoms with Gasteiger partial charge < -0.3 is 14.2 Å². The Balaban J connectivity index is 1.91. The molecule has 8 heteroatoms. The van der Waals surface area contributed by atoms with E-state index in [1.165, 1.54) is 13.2 Å². The van der Waals surface area contributed by atoms with Crippen molar-refractivity contribution < 1.29 is 28.6 Å². The van der Waals surface area contributed by atoms with Crippen LogP contribution >= 0.6 is 11.6 Å². The minimum absolute atomic E-state index is 0.324. The number of rotatable bonds is 8. The van der Waals surface area contributed by atoms with Crippen molar-refractivity contribution in [2.24, 2.45) is 0 Å². The van der Waals surface area contributed by atoms with Gasteiger partial charge in [0, 0.05) is 11.6 Å². The maximum atomic E-state index is 11.9. The van der Waals surface area contributed by atoms with Crippen LogP contribution in [0.25, 0.3) is 6.08 Å². The Morgan fingerprint density at radius 1 is 1.14 bits per heavy atom. The molecular formula is C21H20ClNO6. The third-order valence-corrected chi connectivity index (χ3v) is 3.86. The van der Waals surface area contributed by atoms with E-state index in [0.717, 1.165) is 6.08 Å². The number of hydrogen-bond donors (Lipinski definition) is 1. The van der Waals surface area contributed by atoms with Gasteiger partial charge in [-0.05, 0) is 42.8 Å². The van der Waals surface area contributed by atoms with Gasteiger partial charge in [-0.2, -0.15) is 0 Å². The Labute approximate surface area is 173 Å². The summed E-state index contributed by atoms with van der Waals surface area (Å²) in [6, 6.07) is 11.5. The van der Waals surface area contributed by atoms with Crippen molar-refractivity contribution in [2.45, 2.75) is 6.92 Å². The molecule has 0 aliphatic carbocycles. The average Bonchev–Trinajstić information content (AvgIpc) is 2.71. The molecule has 0 aliphatic rings. The number of esters is 1. The van der Waals surface area contributed by atoms with E-state index in [4.69, 9.17) is 25.8 Å². The molecule has 2 aromatic rings. The number of methoxy groups -OCH3 is 1. The first-order valence-corrected chi connectivity index (χ1v) is 9.06. The van der Waals surface area contributed by atoms with Crippen molar-refractivity contribution in [3.05, 3.63) is 64.7 Å². The third kappa shape index (κ3) is 6.65. The maximum absolute atomic E-state index is 11.9. The SMILES string of the molecule is CCOc1cc(/C=C/C(=O)OCC(=O)NC(=O)c2ccccc2)cc(Cl)c1OC. The monoisotopic (exact) mass is 417 g/mol. The number of hydrogen-bond acceptors (Lipinski definition) is 6. The molecule has 152 valence electrons. The first kappa shape index (κ1) is 22.0. The van der Waals surface area contributed by atoms with Gasteiger partial charge in [0.05, 0.1) is 18.7 Å². The molecule has 0 unspecified atom stereocenters. The van der Waals surface area contributed by atoms with Gasteiger partial charge in [0.15, 0.2) is 18.1 Å². The summed E-state index contributed by atoms with van der Waals surface area (Å²) in [7, 11) is 1.48. The van der Waals surface area contributed by atoms with Crippen molar-refractivity contribution in [1.29, 1.82) is 0 Å². The van der Waals surface area contributed by atoms with Crippen molar-refractivity contribution >= 4 is 35.5 Å². The number of halogens is 1. The van der Waals surface area contributed by atoms with Crippen LogP contribution in [0.4, 0.5) is 0 Å². The van der Waals surface area contributed by atoms with E-state index in [-0.39, 0.29) is 0 Å². The molecule has 29 heavy (non-hydrogen) atoms. The second-order valence-electron chi connectivity index (χ2n) is 5.65. The predicted molar refractivity (Wildman–Crippen MR) is 108 cm³/mol. The molecule has 0 aliphatic heterocycles. The first-order chi connectivity index (χ1) is 13.9. The van der Waals surface area contributed by atoms with E-state index in [0.29, 0.717) is 34.3 Å². The molecule has 0 bridgehead atoms. The van der Waals surface area contributed by atoms with Gasteiger partial charge in [0.1, 0.15) is 0 Å². The minimum Gasteiger partial charge on any atom is -0.491 e. The Bertz CT molecular complexity index is 911. The van der Waals surface area contributed by atoms with Crippen molar-refractivity contribution in [3.8, 4) is 11.5 Å². The van der Waals surface area contributed by atoms with E-state index >= 15 is 0 Å². The highest BCUT2D eigenvalue weighted by molar-refractivity contribution is 6.32. The lowest BCUT2D eigenvalue weighted by atomic mass is 10.2. The second kappa shape index (κ2) is 10.9. The van der Waals surface area contributed by atoms with Gasteiger partial charge in [0.2, 0.25) is 0 Å². The lowest BCUT2D eigenvalue weighted by Crippen LogP contribution is -2.33. The van der Waals surface area contributed by atoms with Gasteiger partial charge in [-0.1, -0.05) is 29.8 Å². The number of ether oxygens (including phenoxy) is 3. The van der Waals surface area contributed by atoms with Crippen LogP contribution in [0, 0.1) is 0 Å². The van der Waals surface area contributed by atoms with E-state index in [2.05, 4.69) is 5.32 Å². The van der Waals surface area contributed by atoms with Crippen LogP contribution in [0.3, 0.4) is 0 Å². The van der Waals surface area contributed by atoms with Crippen LogP contribution in [-0.2, 0) is 14.3 Å².